The Balaban J connectivity index is 1.67. The highest BCUT2D eigenvalue weighted by Gasteiger charge is 2.39. The third-order valence-electron chi connectivity index (χ3n) is 5.44. The molecular weight excluding hydrogens is 374 g/mol. The number of carbonyl (C=O) groups is 2. The minimum absolute atomic E-state index is 0.112. The molecule has 0 aliphatic carbocycles. The van der Waals surface area contributed by atoms with Gasteiger partial charge in [0.05, 0.1) is 31.5 Å². The summed E-state index contributed by atoms with van der Waals surface area (Å²) in [5, 5.41) is 8.72. The third-order valence-corrected chi connectivity index (χ3v) is 5.44. The topological polar surface area (TPSA) is 88.7 Å². The van der Waals surface area contributed by atoms with E-state index in [1.165, 1.54) is 0 Å². The van der Waals surface area contributed by atoms with Crippen LogP contribution in [0.5, 0.6) is 0 Å². The van der Waals surface area contributed by atoms with Gasteiger partial charge in [0.2, 0.25) is 0 Å². The van der Waals surface area contributed by atoms with Gasteiger partial charge in [0.25, 0.3) is 11.8 Å². The Labute approximate surface area is 169 Å². The number of carbonyl (C=O) groups excluding carboxylic acids is 2. The van der Waals surface area contributed by atoms with Crippen molar-refractivity contribution in [3.05, 3.63) is 35.4 Å². The lowest BCUT2D eigenvalue weighted by atomic mass is 10.00. The zero-order valence-corrected chi connectivity index (χ0v) is 17.3. The van der Waals surface area contributed by atoms with E-state index in [4.69, 9.17) is 4.74 Å². The normalized spacial score (nSPS) is 22.3. The summed E-state index contributed by atoms with van der Waals surface area (Å²) in [6.07, 6.45) is 3.51. The van der Waals surface area contributed by atoms with Crippen molar-refractivity contribution >= 4 is 11.8 Å². The third kappa shape index (κ3) is 3.65. The van der Waals surface area contributed by atoms with Crippen LogP contribution in [0.3, 0.4) is 0 Å². The number of aryl methyl sites for hydroxylation is 1. The molecule has 29 heavy (non-hydrogen) atoms. The summed E-state index contributed by atoms with van der Waals surface area (Å²) < 4.78 is 9.39. The van der Waals surface area contributed by atoms with Gasteiger partial charge in [-0.2, -0.15) is 10.2 Å². The maximum Gasteiger partial charge on any atom is 0.275 e. The first-order chi connectivity index (χ1) is 13.8. The molecule has 0 saturated carbocycles. The van der Waals surface area contributed by atoms with Crippen molar-refractivity contribution in [1.82, 2.24) is 34.3 Å². The number of fused-ring (bicyclic) bond motifs is 1. The van der Waals surface area contributed by atoms with Crippen LogP contribution in [0, 0.1) is 0 Å². The minimum Gasteiger partial charge on any atom is -0.373 e. The molecule has 156 valence electrons. The fourth-order valence-corrected chi connectivity index (χ4v) is 4.01. The Morgan fingerprint density at radius 2 is 2.07 bits per heavy atom. The van der Waals surface area contributed by atoms with E-state index in [-0.39, 0.29) is 24.0 Å². The zero-order valence-electron chi connectivity index (χ0n) is 17.3. The van der Waals surface area contributed by atoms with Crippen LogP contribution < -0.4 is 0 Å². The Kier molecular flexibility index (Phi) is 5.13. The van der Waals surface area contributed by atoms with Gasteiger partial charge in [-0.1, -0.05) is 0 Å². The SMILES string of the molecule is CN(C)C[C@@H]1OCCN(C(=O)c2cc3n(n2)CCN(C)C3=O)[C@H]1c1cnn(C)c1. The maximum atomic E-state index is 13.5. The fraction of sp³-hybridized carbons (Fsp3) is 0.579. The number of likely N-dealkylation sites (N-methyl/N-ethyl adjacent to an activating group) is 2. The summed E-state index contributed by atoms with van der Waals surface area (Å²) in [6, 6.07) is 1.33. The predicted octanol–water partition coefficient (Wildman–Crippen LogP) is -0.154. The molecule has 0 N–H and O–H groups in total. The van der Waals surface area contributed by atoms with E-state index in [2.05, 4.69) is 10.2 Å². The van der Waals surface area contributed by atoms with Crippen LogP contribution in [-0.4, -0.2) is 99.6 Å². The molecule has 0 unspecified atom stereocenters. The smallest absolute Gasteiger partial charge is 0.275 e. The largest absolute Gasteiger partial charge is 0.373 e. The van der Waals surface area contributed by atoms with Crippen molar-refractivity contribution in [1.29, 1.82) is 0 Å². The summed E-state index contributed by atoms with van der Waals surface area (Å²) >= 11 is 0. The Bertz CT molecular complexity index is 919. The molecule has 10 nitrogen and oxygen atoms in total. The van der Waals surface area contributed by atoms with Crippen LogP contribution in [0.15, 0.2) is 18.5 Å². The van der Waals surface area contributed by atoms with E-state index in [1.54, 1.807) is 38.5 Å². The summed E-state index contributed by atoms with van der Waals surface area (Å²) in [5.41, 5.74) is 1.67. The molecule has 0 bridgehead atoms. The van der Waals surface area contributed by atoms with Crippen LogP contribution in [-0.2, 0) is 18.3 Å². The molecule has 0 aromatic carbocycles. The monoisotopic (exact) mass is 401 g/mol. The van der Waals surface area contributed by atoms with Gasteiger partial charge in [0, 0.05) is 51.6 Å². The van der Waals surface area contributed by atoms with Gasteiger partial charge in [0.1, 0.15) is 5.69 Å². The molecule has 0 spiro atoms. The van der Waals surface area contributed by atoms with E-state index >= 15 is 0 Å². The predicted molar refractivity (Wildman–Crippen MR) is 104 cm³/mol. The first-order valence-electron chi connectivity index (χ1n) is 9.74. The number of aromatic nitrogens is 4. The highest BCUT2D eigenvalue weighted by Crippen LogP contribution is 2.31. The first-order valence-corrected chi connectivity index (χ1v) is 9.74. The molecule has 4 heterocycles. The second kappa shape index (κ2) is 7.60. The number of morpholine rings is 1. The van der Waals surface area contributed by atoms with Crippen LogP contribution in [0.4, 0.5) is 0 Å². The first kappa shape index (κ1) is 19.6. The summed E-state index contributed by atoms with van der Waals surface area (Å²) in [5.74, 6) is -0.303. The Hall–Kier alpha value is -2.72. The molecule has 1 saturated heterocycles. The quantitative estimate of drug-likeness (QED) is 0.708. The van der Waals surface area contributed by atoms with Gasteiger partial charge in [0.15, 0.2) is 5.69 Å². The molecule has 2 aromatic rings. The van der Waals surface area contributed by atoms with Crippen molar-refractivity contribution in [2.45, 2.75) is 18.7 Å². The van der Waals surface area contributed by atoms with E-state index in [0.29, 0.717) is 44.2 Å². The minimum atomic E-state index is -0.274. The average Bonchev–Trinajstić information content (AvgIpc) is 3.30. The standard InChI is InChI=1S/C19H27N7O3/c1-22(2)12-16-17(13-10-20-24(4)11-13)25(7-8-29-16)18(27)14-9-15-19(28)23(3)5-6-26(15)21-14/h9-11,16-17H,5-8,12H2,1-4H3/t16-,17-/m0/s1. The van der Waals surface area contributed by atoms with Crippen LogP contribution in [0.1, 0.15) is 32.6 Å². The van der Waals surface area contributed by atoms with Gasteiger partial charge in [-0.25, -0.2) is 0 Å². The average molecular weight is 401 g/mol. The molecule has 2 atom stereocenters. The Morgan fingerprint density at radius 3 is 2.76 bits per heavy atom. The van der Waals surface area contributed by atoms with E-state index in [1.807, 2.05) is 32.2 Å². The van der Waals surface area contributed by atoms with Crippen LogP contribution in [0.25, 0.3) is 0 Å². The highest BCUT2D eigenvalue weighted by atomic mass is 16.5. The summed E-state index contributed by atoms with van der Waals surface area (Å²) in [7, 11) is 7.57. The Morgan fingerprint density at radius 1 is 1.28 bits per heavy atom. The second-order valence-corrected chi connectivity index (χ2v) is 7.93. The lowest BCUT2D eigenvalue weighted by Crippen LogP contribution is -2.51. The number of amides is 2. The van der Waals surface area contributed by atoms with Gasteiger partial charge in [-0.3, -0.25) is 19.0 Å². The maximum absolute atomic E-state index is 13.5. The lowest BCUT2D eigenvalue weighted by molar-refractivity contribution is -0.0686. The summed E-state index contributed by atoms with van der Waals surface area (Å²) in [4.78, 5) is 31.3. The van der Waals surface area contributed by atoms with Crippen LogP contribution >= 0.6 is 0 Å². The molecule has 4 rings (SSSR count). The highest BCUT2D eigenvalue weighted by molar-refractivity contribution is 5.98. The molecule has 2 aromatic heterocycles. The number of hydrogen-bond donors (Lipinski definition) is 0. The number of ether oxygens (including phenoxy) is 1. The molecule has 2 aliphatic heterocycles. The second-order valence-electron chi connectivity index (χ2n) is 7.93. The van der Waals surface area contributed by atoms with E-state index in [9.17, 15) is 9.59 Å². The van der Waals surface area contributed by atoms with Gasteiger partial charge in [-0.05, 0) is 14.1 Å². The number of hydrogen-bond acceptors (Lipinski definition) is 6. The van der Waals surface area contributed by atoms with Crippen molar-refractivity contribution < 1.29 is 14.3 Å². The van der Waals surface area contributed by atoms with Gasteiger partial charge >= 0.3 is 0 Å². The molecule has 10 heteroatoms. The van der Waals surface area contributed by atoms with E-state index < -0.39 is 0 Å². The fourth-order valence-electron chi connectivity index (χ4n) is 4.01. The molecule has 1 fully saturated rings. The molecule has 0 radical (unpaired) electrons. The molecule has 2 amide bonds. The van der Waals surface area contributed by atoms with Crippen molar-refractivity contribution in [3.8, 4) is 0 Å². The lowest BCUT2D eigenvalue weighted by Gasteiger charge is -2.41. The molecule has 2 aliphatic rings. The van der Waals surface area contributed by atoms with Gasteiger partial charge in [-0.15, -0.1) is 0 Å². The van der Waals surface area contributed by atoms with E-state index in [0.717, 1.165) is 5.56 Å². The van der Waals surface area contributed by atoms with Crippen molar-refractivity contribution in [2.75, 3.05) is 47.4 Å². The van der Waals surface area contributed by atoms with Crippen molar-refractivity contribution in [3.63, 3.8) is 0 Å². The summed E-state index contributed by atoms with van der Waals surface area (Å²) in [6.45, 7) is 2.76. The molecular formula is C19H27N7O3. The number of rotatable bonds is 4. The van der Waals surface area contributed by atoms with Crippen LogP contribution in [0.2, 0.25) is 0 Å². The van der Waals surface area contributed by atoms with Crippen molar-refractivity contribution in [2.24, 2.45) is 7.05 Å². The zero-order chi connectivity index (χ0) is 20.7. The van der Waals surface area contributed by atoms with Gasteiger partial charge < -0.3 is 19.4 Å². The number of nitrogens with zero attached hydrogens (tertiary/aromatic N) is 7.